The van der Waals surface area contributed by atoms with Crippen molar-refractivity contribution in [3.63, 3.8) is 0 Å². The SMILES string of the molecule is [2H]c1c([2H])c([2H])c(-c2cc(-c3c4ccccc4c(-c4ccc5c(c4)oc4c6ccccc6ccc54)c4ccccc34)ccc2-c2ccccc2)c([2H])c1[2H]. The Labute approximate surface area is 291 Å². The number of furan rings is 1. The molecule has 10 aromatic rings. The second-order valence-electron chi connectivity index (χ2n) is 12.4. The highest BCUT2D eigenvalue weighted by Gasteiger charge is 2.19. The van der Waals surface area contributed by atoms with E-state index in [0.717, 1.165) is 87.6 Å². The molecule has 0 radical (unpaired) electrons. The third-order valence-corrected chi connectivity index (χ3v) is 9.75. The van der Waals surface area contributed by atoms with Crippen LogP contribution in [0, 0.1) is 0 Å². The molecule has 0 aliphatic heterocycles. The number of benzene rings is 9. The third kappa shape index (κ3) is 4.40. The van der Waals surface area contributed by atoms with Crippen LogP contribution in [0.3, 0.4) is 0 Å². The van der Waals surface area contributed by atoms with E-state index in [2.05, 4.69) is 84.9 Å². The van der Waals surface area contributed by atoms with E-state index in [4.69, 9.17) is 11.3 Å². The van der Waals surface area contributed by atoms with Crippen molar-refractivity contribution in [2.75, 3.05) is 0 Å². The van der Waals surface area contributed by atoms with E-state index < -0.39 is 6.04 Å². The van der Waals surface area contributed by atoms with Crippen LogP contribution in [0.25, 0.3) is 98.8 Å². The van der Waals surface area contributed by atoms with Crippen molar-refractivity contribution < 1.29 is 11.3 Å². The fraction of sp³-hybridized carbons (Fsp3) is 0. The first-order valence-corrected chi connectivity index (χ1v) is 16.4. The summed E-state index contributed by atoms with van der Waals surface area (Å²) in [4.78, 5) is 0. The average Bonchev–Trinajstić information content (AvgIpc) is 3.60. The Bertz CT molecular complexity index is 3080. The topological polar surface area (TPSA) is 13.1 Å². The minimum atomic E-state index is -0.409. The Balaban J connectivity index is 1.25. The Morgan fingerprint density at radius 1 is 0.367 bits per heavy atom. The second-order valence-corrected chi connectivity index (χ2v) is 12.4. The van der Waals surface area contributed by atoms with Gasteiger partial charge in [0.25, 0.3) is 0 Å². The monoisotopic (exact) mass is 627 g/mol. The zero-order valence-electron chi connectivity index (χ0n) is 31.3. The lowest BCUT2D eigenvalue weighted by Gasteiger charge is -2.19. The molecule has 0 amide bonds. The highest BCUT2D eigenvalue weighted by molar-refractivity contribution is 6.22. The summed E-state index contributed by atoms with van der Waals surface area (Å²) in [5.74, 6) is 0. The molecule has 1 nitrogen and oxygen atoms in total. The van der Waals surface area contributed by atoms with Crippen molar-refractivity contribution in [2.24, 2.45) is 0 Å². The van der Waals surface area contributed by atoms with Gasteiger partial charge in [-0.3, -0.25) is 0 Å². The molecule has 0 aliphatic carbocycles. The summed E-state index contributed by atoms with van der Waals surface area (Å²) in [6.07, 6.45) is 0. The molecule has 0 saturated heterocycles. The van der Waals surface area contributed by atoms with E-state index in [1.807, 2.05) is 66.7 Å². The van der Waals surface area contributed by atoms with E-state index >= 15 is 0 Å². The van der Waals surface area contributed by atoms with E-state index in [0.29, 0.717) is 5.56 Å². The summed E-state index contributed by atoms with van der Waals surface area (Å²) in [6, 6.07) is 50.2. The van der Waals surface area contributed by atoms with Gasteiger partial charge in [0, 0.05) is 16.2 Å². The van der Waals surface area contributed by atoms with Gasteiger partial charge in [-0.2, -0.15) is 0 Å². The predicted octanol–water partition coefficient (Wildman–Crippen LogP) is 13.7. The summed E-state index contributed by atoms with van der Waals surface area (Å²) in [6.45, 7) is 0. The Morgan fingerprint density at radius 3 is 1.63 bits per heavy atom. The number of hydrogen-bond donors (Lipinski definition) is 0. The summed E-state index contributed by atoms with van der Waals surface area (Å²) in [5.41, 5.74) is 8.20. The van der Waals surface area contributed by atoms with Gasteiger partial charge in [0.1, 0.15) is 11.2 Å². The number of hydrogen-bond acceptors (Lipinski definition) is 1. The van der Waals surface area contributed by atoms with Crippen LogP contribution in [0.4, 0.5) is 0 Å². The van der Waals surface area contributed by atoms with Crippen molar-refractivity contribution in [3.8, 4) is 44.5 Å². The maximum atomic E-state index is 8.95. The normalized spacial score (nSPS) is 13.1. The molecule has 0 fully saturated rings. The third-order valence-electron chi connectivity index (χ3n) is 9.75. The van der Waals surface area contributed by atoms with Crippen LogP contribution in [0.1, 0.15) is 6.85 Å². The van der Waals surface area contributed by atoms with Gasteiger partial charge in [0.05, 0.1) is 6.85 Å². The molecule has 1 heterocycles. The first kappa shape index (κ1) is 23.0. The largest absolute Gasteiger partial charge is 0.455 e. The minimum absolute atomic E-state index is 0.179. The maximum absolute atomic E-state index is 8.95. The lowest BCUT2D eigenvalue weighted by Crippen LogP contribution is -1.92. The first-order valence-electron chi connectivity index (χ1n) is 18.9. The molecule has 0 atom stereocenters. The summed E-state index contributed by atoms with van der Waals surface area (Å²) >= 11 is 0. The molecule has 0 aliphatic rings. The molecule has 0 N–H and O–H groups in total. The molecule has 1 aromatic heterocycles. The first-order chi connectivity index (χ1) is 26.4. The van der Waals surface area contributed by atoms with E-state index in [1.54, 1.807) is 0 Å². The van der Waals surface area contributed by atoms with Gasteiger partial charge < -0.3 is 4.42 Å². The second kappa shape index (κ2) is 11.1. The van der Waals surface area contributed by atoms with Crippen molar-refractivity contribution >= 4 is 54.3 Å². The lowest BCUT2D eigenvalue weighted by molar-refractivity contribution is 0.673. The van der Waals surface area contributed by atoms with Gasteiger partial charge in [-0.25, -0.2) is 0 Å². The van der Waals surface area contributed by atoms with Crippen LogP contribution in [0.5, 0.6) is 0 Å². The van der Waals surface area contributed by atoms with Gasteiger partial charge in [-0.15, -0.1) is 0 Å². The van der Waals surface area contributed by atoms with Gasteiger partial charge in [-0.1, -0.05) is 158 Å². The highest BCUT2D eigenvalue weighted by atomic mass is 16.3. The van der Waals surface area contributed by atoms with Crippen LogP contribution in [0.2, 0.25) is 0 Å². The molecule has 1 heteroatoms. The standard InChI is InChI=1S/C48H30O/c1-3-13-31(14-4-1)36-26-24-34(29-44(36)32-15-5-2-6-16-32)46-39-19-9-11-21-41(39)47(42-22-12-10-20-40(42)46)35-25-27-38-43-28-23-33-17-7-8-18-37(33)48(43)49-45(38)30-35/h1-30H/i2D,5D,6D,15D,16D. The Morgan fingerprint density at radius 2 is 0.939 bits per heavy atom. The van der Waals surface area contributed by atoms with Crippen molar-refractivity contribution in [2.45, 2.75) is 0 Å². The number of rotatable bonds is 4. The molecule has 10 rings (SSSR count). The highest BCUT2D eigenvalue weighted by Crippen LogP contribution is 2.46. The minimum Gasteiger partial charge on any atom is -0.455 e. The smallest absolute Gasteiger partial charge is 0.143 e. The van der Waals surface area contributed by atoms with Crippen LogP contribution >= 0.6 is 0 Å². The van der Waals surface area contributed by atoms with E-state index in [9.17, 15) is 0 Å². The fourth-order valence-electron chi connectivity index (χ4n) is 7.57. The van der Waals surface area contributed by atoms with Crippen LogP contribution < -0.4 is 0 Å². The van der Waals surface area contributed by atoms with Crippen molar-refractivity contribution in [1.29, 1.82) is 0 Å². The summed E-state index contributed by atoms with van der Waals surface area (Å²) in [5, 5.41) is 8.63. The molecular weight excluding hydrogens is 593 g/mol. The van der Waals surface area contributed by atoms with Crippen molar-refractivity contribution in [3.05, 3.63) is 182 Å². The van der Waals surface area contributed by atoms with Gasteiger partial charge >= 0.3 is 0 Å². The molecule has 228 valence electrons. The fourth-order valence-corrected chi connectivity index (χ4v) is 7.57. The zero-order valence-corrected chi connectivity index (χ0v) is 26.3. The van der Waals surface area contributed by atoms with Crippen LogP contribution in [-0.2, 0) is 0 Å². The Hall–Kier alpha value is -6.44. The zero-order chi connectivity index (χ0) is 36.7. The van der Waals surface area contributed by atoms with Crippen molar-refractivity contribution in [1.82, 2.24) is 0 Å². The molecule has 49 heavy (non-hydrogen) atoms. The molecular formula is C48H30O. The number of fused-ring (bicyclic) bond motifs is 7. The van der Waals surface area contributed by atoms with Crippen LogP contribution in [0.15, 0.2) is 186 Å². The lowest BCUT2D eigenvalue weighted by atomic mass is 9.84. The van der Waals surface area contributed by atoms with E-state index in [1.165, 1.54) is 0 Å². The summed E-state index contributed by atoms with van der Waals surface area (Å²) in [7, 11) is 0. The van der Waals surface area contributed by atoms with Gasteiger partial charge in [-0.05, 0) is 95.7 Å². The maximum Gasteiger partial charge on any atom is 0.143 e. The van der Waals surface area contributed by atoms with Gasteiger partial charge in [0.2, 0.25) is 0 Å². The van der Waals surface area contributed by atoms with Crippen LogP contribution in [-0.4, -0.2) is 0 Å². The van der Waals surface area contributed by atoms with Gasteiger partial charge in [0.15, 0.2) is 0 Å². The molecule has 0 unspecified atom stereocenters. The molecule has 9 aromatic carbocycles. The van der Waals surface area contributed by atoms with E-state index in [-0.39, 0.29) is 29.7 Å². The quantitative estimate of drug-likeness (QED) is 0.177. The Kier molecular flexibility index (Phi) is 5.20. The predicted molar refractivity (Wildman–Crippen MR) is 208 cm³/mol. The molecule has 0 spiro atoms. The average molecular weight is 628 g/mol. The molecule has 0 bridgehead atoms. The summed E-state index contributed by atoms with van der Waals surface area (Å²) < 4.78 is 49.8. The molecule has 0 saturated carbocycles.